The predicted octanol–water partition coefficient (Wildman–Crippen LogP) is 5.80. The number of thioether (sulfide) groups is 1. The summed E-state index contributed by atoms with van der Waals surface area (Å²) in [6.07, 6.45) is 1.96. The Labute approximate surface area is 162 Å². The third kappa shape index (κ3) is 3.06. The van der Waals surface area contributed by atoms with Crippen molar-refractivity contribution in [1.82, 2.24) is 4.90 Å². The van der Waals surface area contributed by atoms with Gasteiger partial charge in [-0.05, 0) is 34.9 Å². The van der Waals surface area contributed by atoms with Crippen molar-refractivity contribution in [1.29, 1.82) is 0 Å². The van der Waals surface area contributed by atoms with Crippen LogP contribution in [-0.2, 0) is 4.79 Å². The van der Waals surface area contributed by atoms with Gasteiger partial charge in [-0.2, -0.15) is 0 Å². The SMILES string of the molecule is C[C@H](c1ccccc1)N1C(=O)/C(=C/c2cccc3ccccc23)SC1=S. The summed E-state index contributed by atoms with van der Waals surface area (Å²) in [6.45, 7) is 2.01. The maximum Gasteiger partial charge on any atom is 0.266 e. The van der Waals surface area contributed by atoms with Crippen LogP contribution in [-0.4, -0.2) is 15.1 Å². The van der Waals surface area contributed by atoms with E-state index in [1.165, 1.54) is 11.8 Å². The number of benzene rings is 3. The van der Waals surface area contributed by atoms with E-state index in [4.69, 9.17) is 12.2 Å². The number of hydrogen-bond donors (Lipinski definition) is 0. The fourth-order valence-corrected chi connectivity index (χ4v) is 4.62. The van der Waals surface area contributed by atoms with E-state index >= 15 is 0 Å². The molecule has 0 radical (unpaired) electrons. The number of amides is 1. The lowest BCUT2D eigenvalue weighted by atomic mass is 10.0. The molecule has 128 valence electrons. The van der Waals surface area contributed by atoms with Crippen LogP contribution in [0.5, 0.6) is 0 Å². The molecule has 4 rings (SSSR count). The maximum atomic E-state index is 13.0. The minimum absolute atomic E-state index is 0.0238. The molecular weight excluding hydrogens is 358 g/mol. The highest BCUT2D eigenvalue weighted by Crippen LogP contribution is 2.38. The molecule has 4 heteroatoms. The summed E-state index contributed by atoms with van der Waals surface area (Å²) in [4.78, 5) is 15.4. The van der Waals surface area contributed by atoms with Crippen LogP contribution >= 0.6 is 24.0 Å². The second-order valence-electron chi connectivity index (χ2n) is 6.21. The second kappa shape index (κ2) is 7.06. The highest BCUT2D eigenvalue weighted by Gasteiger charge is 2.35. The van der Waals surface area contributed by atoms with Crippen molar-refractivity contribution in [3.63, 3.8) is 0 Å². The Hall–Kier alpha value is -2.43. The highest BCUT2D eigenvalue weighted by atomic mass is 32.2. The molecule has 0 aliphatic carbocycles. The van der Waals surface area contributed by atoms with Crippen LogP contribution in [0.1, 0.15) is 24.1 Å². The molecule has 3 aromatic carbocycles. The van der Waals surface area contributed by atoms with Crippen LogP contribution < -0.4 is 0 Å². The lowest BCUT2D eigenvalue weighted by Gasteiger charge is -2.23. The molecule has 1 fully saturated rings. The zero-order valence-corrected chi connectivity index (χ0v) is 15.9. The molecule has 2 nitrogen and oxygen atoms in total. The maximum absolute atomic E-state index is 13.0. The Kier molecular flexibility index (Phi) is 4.62. The molecule has 1 saturated heterocycles. The van der Waals surface area contributed by atoms with E-state index in [0.717, 1.165) is 21.9 Å². The van der Waals surface area contributed by atoms with Crippen LogP contribution in [0, 0.1) is 0 Å². The molecule has 1 aliphatic heterocycles. The summed E-state index contributed by atoms with van der Waals surface area (Å²) in [5.74, 6) is -0.0238. The number of thiocarbonyl (C=S) groups is 1. The van der Waals surface area contributed by atoms with E-state index in [1.807, 2.05) is 67.6 Å². The van der Waals surface area contributed by atoms with E-state index in [0.29, 0.717) is 9.23 Å². The number of carbonyl (C=O) groups is 1. The van der Waals surface area contributed by atoms with Crippen LogP contribution in [0.4, 0.5) is 0 Å². The standard InChI is InChI=1S/C22H17NOS2/c1-15(16-8-3-2-4-9-16)23-21(24)20(26-22(23)25)14-18-12-7-11-17-10-5-6-13-19(17)18/h2-15H,1H3/b20-14-/t15-/m1/s1. The summed E-state index contributed by atoms with van der Waals surface area (Å²) >= 11 is 6.89. The molecule has 0 aromatic heterocycles. The van der Waals surface area contributed by atoms with Crippen molar-refractivity contribution < 1.29 is 4.79 Å². The van der Waals surface area contributed by atoms with E-state index in [1.54, 1.807) is 4.90 Å². The van der Waals surface area contributed by atoms with Crippen molar-refractivity contribution in [2.75, 3.05) is 0 Å². The first kappa shape index (κ1) is 17.0. The predicted molar refractivity (Wildman–Crippen MR) is 114 cm³/mol. The fraction of sp³-hybridized carbons (Fsp3) is 0.0909. The van der Waals surface area contributed by atoms with Gasteiger partial charge in [0, 0.05) is 0 Å². The molecule has 0 spiro atoms. The van der Waals surface area contributed by atoms with E-state index < -0.39 is 0 Å². The second-order valence-corrected chi connectivity index (χ2v) is 7.88. The molecule has 26 heavy (non-hydrogen) atoms. The van der Waals surface area contributed by atoms with Gasteiger partial charge in [-0.25, -0.2) is 0 Å². The molecule has 0 saturated carbocycles. The van der Waals surface area contributed by atoms with Crippen molar-refractivity contribution in [3.05, 3.63) is 88.8 Å². The Bertz CT molecular complexity index is 1020. The summed E-state index contributed by atoms with van der Waals surface area (Å²) in [7, 11) is 0. The smallest absolute Gasteiger partial charge is 0.266 e. The minimum atomic E-state index is -0.0814. The quantitative estimate of drug-likeness (QED) is 0.426. The average Bonchev–Trinajstić information content (AvgIpc) is 2.95. The highest BCUT2D eigenvalue weighted by molar-refractivity contribution is 8.26. The van der Waals surface area contributed by atoms with Gasteiger partial charge in [0.1, 0.15) is 4.32 Å². The first-order valence-electron chi connectivity index (χ1n) is 8.45. The van der Waals surface area contributed by atoms with Gasteiger partial charge in [-0.3, -0.25) is 9.69 Å². The number of fused-ring (bicyclic) bond motifs is 1. The van der Waals surface area contributed by atoms with Crippen molar-refractivity contribution >= 4 is 51.1 Å². The van der Waals surface area contributed by atoms with E-state index in [2.05, 4.69) is 18.2 Å². The molecule has 1 atom stereocenters. The normalized spacial score (nSPS) is 17.3. The van der Waals surface area contributed by atoms with Gasteiger partial charge in [-0.1, -0.05) is 96.8 Å². The van der Waals surface area contributed by atoms with Gasteiger partial charge in [0.2, 0.25) is 0 Å². The van der Waals surface area contributed by atoms with Crippen molar-refractivity contribution in [3.8, 4) is 0 Å². The summed E-state index contributed by atoms with van der Waals surface area (Å²) in [5, 5.41) is 2.30. The number of nitrogens with zero attached hydrogens (tertiary/aromatic N) is 1. The lowest BCUT2D eigenvalue weighted by Crippen LogP contribution is -2.30. The van der Waals surface area contributed by atoms with Gasteiger partial charge in [0.25, 0.3) is 5.91 Å². The molecule has 0 bridgehead atoms. The average molecular weight is 376 g/mol. The van der Waals surface area contributed by atoms with Gasteiger partial charge < -0.3 is 0 Å². The first-order valence-corrected chi connectivity index (χ1v) is 9.67. The summed E-state index contributed by atoms with van der Waals surface area (Å²) in [5.41, 5.74) is 2.12. The number of carbonyl (C=O) groups excluding carboxylic acids is 1. The van der Waals surface area contributed by atoms with Crippen LogP contribution in [0.25, 0.3) is 16.8 Å². The van der Waals surface area contributed by atoms with E-state index in [-0.39, 0.29) is 11.9 Å². The Morgan fingerprint density at radius 1 is 0.962 bits per heavy atom. The van der Waals surface area contributed by atoms with Gasteiger partial charge in [0.05, 0.1) is 10.9 Å². The molecule has 0 unspecified atom stereocenters. The fourth-order valence-electron chi connectivity index (χ4n) is 3.21. The van der Waals surface area contributed by atoms with Gasteiger partial charge >= 0.3 is 0 Å². The molecule has 1 heterocycles. The third-order valence-corrected chi connectivity index (χ3v) is 5.93. The number of hydrogen-bond acceptors (Lipinski definition) is 3. The monoisotopic (exact) mass is 375 g/mol. The summed E-state index contributed by atoms with van der Waals surface area (Å²) in [6, 6.07) is 24.2. The van der Waals surface area contributed by atoms with Crippen LogP contribution in [0.2, 0.25) is 0 Å². The molecule has 0 N–H and O–H groups in total. The zero-order chi connectivity index (χ0) is 18.1. The lowest BCUT2D eigenvalue weighted by molar-refractivity contribution is -0.123. The molecular formula is C22H17NOS2. The van der Waals surface area contributed by atoms with E-state index in [9.17, 15) is 4.79 Å². The van der Waals surface area contributed by atoms with Gasteiger partial charge in [-0.15, -0.1) is 0 Å². The third-order valence-electron chi connectivity index (χ3n) is 4.60. The molecule has 1 aliphatic rings. The molecule has 3 aromatic rings. The largest absolute Gasteiger partial charge is 0.286 e. The van der Waals surface area contributed by atoms with Gasteiger partial charge in [0.15, 0.2) is 0 Å². The Morgan fingerprint density at radius 3 is 2.46 bits per heavy atom. The Balaban J connectivity index is 1.70. The van der Waals surface area contributed by atoms with Crippen LogP contribution in [0.3, 0.4) is 0 Å². The first-order chi connectivity index (χ1) is 12.6. The Morgan fingerprint density at radius 2 is 1.65 bits per heavy atom. The summed E-state index contributed by atoms with van der Waals surface area (Å²) < 4.78 is 0.609. The van der Waals surface area contributed by atoms with Crippen molar-refractivity contribution in [2.24, 2.45) is 0 Å². The number of rotatable bonds is 3. The zero-order valence-electron chi connectivity index (χ0n) is 14.3. The molecule has 1 amide bonds. The van der Waals surface area contributed by atoms with Crippen LogP contribution in [0.15, 0.2) is 77.7 Å². The topological polar surface area (TPSA) is 20.3 Å². The van der Waals surface area contributed by atoms with Crippen molar-refractivity contribution in [2.45, 2.75) is 13.0 Å². The minimum Gasteiger partial charge on any atom is -0.286 e.